The van der Waals surface area contributed by atoms with Crippen LogP contribution in [0.4, 0.5) is 0 Å². The van der Waals surface area contributed by atoms with Gasteiger partial charge in [0.15, 0.2) is 0 Å². The van der Waals surface area contributed by atoms with Crippen LogP contribution in [0.25, 0.3) is 0 Å². The Kier molecular flexibility index (Phi) is 4.66. The van der Waals surface area contributed by atoms with E-state index in [1.807, 2.05) is 0 Å². The standard InChI is InChI=1S/C14H19ClN2O2/c1-17-7-3-2-4-11(17)9-16-14(19)12-8-10(15)5-6-13(12)18/h5-6,8,11,18H,2-4,7,9H2,1H3,(H,16,19)/t11-/m1/s1. The van der Waals surface area contributed by atoms with E-state index >= 15 is 0 Å². The number of rotatable bonds is 3. The van der Waals surface area contributed by atoms with E-state index in [1.165, 1.54) is 25.0 Å². The molecule has 1 aliphatic rings. The van der Waals surface area contributed by atoms with Crippen LogP contribution in [0, 0.1) is 0 Å². The summed E-state index contributed by atoms with van der Waals surface area (Å²) in [4.78, 5) is 14.3. The number of carbonyl (C=O) groups is 1. The minimum Gasteiger partial charge on any atom is -0.507 e. The molecule has 0 saturated carbocycles. The van der Waals surface area contributed by atoms with Gasteiger partial charge in [-0.25, -0.2) is 0 Å². The van der Waals surface area contributed by atoms with Crippen LogP contribution in [0.1, 0.15) is 29.6 Å². The minimum atomic E-state index is -0.279. The van der Waals surface area contributed by atoms with Crippen LogP contribution in [0.2, 0.25) is 5.02 Å². The number of halogens is 1. The van der Waals surface area contributed by atoms with E-state index in [2.05, 4.69) is 17.3 Å². The van der Waals surface area contributed by atoms with Gasteiger partial charge < -0.3 is 15.3 Å². The van der Waals surface area contributed by atoms with E-state index in [1.54, 1.807) is 6.07 Å². The first-order valence-electron chi connectivity index (χ1n) is 6.55. The van der Waals surface area contributed by atoms with Crippen molar-refractivity contribution in [3.8, 4) is 5.75 Å². The van der Waals surface area contributed by atoms with Crippen molar-refractivity contribution >= 4 is 17.5 Å². The van der Waals surface area contributed by atoms with Crippen molar-refractivity contribution in [3.63, 3.8) is 0 Å². The fraction of sp³-hybridized carbons (Fsp3) is 0.500. The molecule has 1 aromatic rings. The Morgan fingerprint density at radius 3 is 3.05 bits per heavy atom. The van der Waals surface area contributed by atoms with Crippen molar-refractivity contribution < 1.29 is 9.90 Å². The number of piperidine rings is 1. The van der Waals surface area contributed by atoms with Crippen LogP contribution in [-0.4, -0.2) is 42.1 Å². The van der Waals surface area contributed by atoms with Gasteiger partial charge in [0.1, 0.15) is 5.75 Å². The van der Waals surface area contributed by atoms with Crippen LogP contribution in [0.3, 0.4) is 0 Å². The number of likely N-dealkylation sites (tertiary alicyclic amines) is 1. The summed E-state index contributed by atoms with van der Waals surface area (Å²) in [5.41, 5.74) is 0.228. The molecule has 19 heavy (non-hydrogen) atoms. The number of carbonyl (C=O) groups excluding carboxylic acids is 1. The summed E-state index contributed by atoms with van der Waals surface area (Å²) in [6, 6.07) is 4.85. The monoisotopic (exact) mass is 282 g/mol. The third-order valence-electron chi connectivity index (χ3n) is 3.62. The predicted molar refractivity (Wildman–Crippen MR) is 75.7 cm³/mol. The van der Waals surface area contributed by atoms with E-state index in [-0.39, 0.29) is 17.2 Å². The van der Waals surface area contributed by atoms with Gasteiger partial charge in [-0.05, 0) is 44.6 Å². The summed E-state index contributed by atoms with van der Waals surface area (Å²) in [5.74, 6) is -0.321. The molecule has 1 aliphatic heterocycles. The molecule has 2 N–H and O–H groups in total. The van der Waals surface area contributed by atoms with Crippen LogP contribution in [-0.2, 0) is 0 Å². The number of hydrogen-bond donors (Lipinski definition) is 2. The lowest BCUT2D eigenvalue weighted by atomic mass is 10.0. The molecule has 0 radical (unpaired) electrons. The first kappa shape index (κ1) is 14.2. The smallest absolute Gasteiger partial charge is 0.255 e. The Morgan fingerprint density at radius 2 is 2.32 bits per heavy atom. The lowest BCUT2D eigenvalue weighted by molar-refractivity contribution is 0.0926. The van der Waals surface area contributed by atoms with Gasteiger partial charge in [-0.2, -0.15) is 0 Å². The molecule has 1 fully saturated rings. The normalized spacial score (nSPS) is 20.2. The Bertz CT molecular complexity index is 465. The van der Waals surface area contributed by atoms with E-state index in [9.17, 15) is 9.90 Å². The van der Waals surface area contributed by atoms with Crippen LogP contribution < -0.4 is 5.32 Å². The summed E-state index contributed by atoms with van der Waals surface area (Å²) in [6.45, 7) is 1.67. The van der Waals surface area contributed by atoms with Gasteiger partial charge in [-0.3, -0.25) is 4.79 Å². The number of aromatic hydroxyl groups is 1. The van der Waals surface area contributed by atoms with Crippen molar-refractivity contribution in [1.82, 2.24) is 10.2 Å². The summed E-state index contributed by atoms with van der Waals surface area (Å²) >= 11 is 5.83. The van der Waals surface area contributed by atoms with Crippen LogP contribution in [0.15, 0.2) is 18.2 Å². The van der Waals surface area contributed by atoms with Gasteiger partial charge >= 0.3 is 0 Å². The van der Waals surface area contributed by atoms with Crippen molar-refractivity contribution in [3.05, 3.63) is 28.8 Å². The summed E-state index contributed by atoms with van der Waals surface area (Å²) < 4.78 is 0. The average Bonchev–Trinajstić information content (AvgIpc) is 2.40. The molecule has 4 nitrogen and oxygen atoms in total. The Morgan fingerprint density at radius 1 is 1.53 bits per heavy atom. The average molecular weight is 283 g/mol. The first-order chi connectivity index (χ1) is 9.08. The molecule has 0 aromatic heterocycles. The molecular weight excluding hydrogens is 264 g/mol. The van der Waals surface area contributed by atoms with Gasteiger partial charge in [0.05, 0.1) is 5.56 Å². The molecule has 1 amide bonds. The van der Waals surface area contributed by atoms with Crippen molar-refractivity contribution in [1.29, 1.82) is 0 Å². The Labute approximate surface area is 118 Å². The lowest BCUT2D eigenvalue weighted by Crippen LogP contribution is -2.44. The number of phenols is 1. The molecule has 0 spiro atoms. The van der Waals surface area contributed by atoms with Gasteiger partial charge in [0.2, 0.25) is 0 Å². The molecule has 1 heterocycles. The highest BCUT2D eigenvalue weighted by Gasteiger charge is 2.20. The summed E-state index contributed by atoms with van der Waals surface area (Å²) in [5, 5.41) is 13.0. The zero-order valence-corrected chi connectivity index (χ0v) is 11.8. The number of phenolic OH excluding ortho intramolecular Hbond substituents is 1. The second kappa shape index (κ2) is 6.26. The quantitative estimate of drug-likeness (QED) is 0.894. The number of benzene rings is 1. The molecule has 2 rings (SSSR count). The molecule has 1 aromatic carbocycles. The predicted octanol–water partition coefficient (Wildman–Crippen LogP) is 2.26. The number of likely N-dealkylation sites (N-methyl/N-ethyl adjacent to an activating group) is 1. The largest absolute Gasteiger partial charge is 0.507 e. The van der Waals surface area contributed by atoms with E-state index in [4.69, 9.17) is 11.6 Å². The maximum absolute atomic E-state index is 12.0. The van der Waals surface area contributed by atoms with E-state index in [0.29, 0.717) is 17.6 Å². The highest BCUT2D eigenvalue weighted by molar-refractivity contribution is 6.31. The molecule has 104 valence electrons. The topological polar surface area (TPSA) is 52.6 Å². The second-order valence-corrected chi connectivity index (χ2v) is 5.44. The summed E-state index contributed by atoms with van der Waals surface area (Å²) in [6.07, 6.45) is 3.52. The molecule has 5 heteroatoms. The molecule has 1 saturated heterocycles. The van der Waals surface area contributed by atoms with E-state index in [0.717, 1.165) is 13.0 Å². The molecule has 0 unspecified atom stereocenters. The number of amides is 1. The number of nitrogens with zero attached hydrogens (tertiary/aromatic N) is 1. The Balaban J connectivity index is 1.95. The van der Waals surface area contributed by atoms with Crippen LogP contribution in [0.5, 0.6) is 5.75 Å². The SMILES string of the molecule is CN1CCCC[C@@H]1CNC(=O)c1cc(Cl)ccc1O. The minimum absolute atomic E-state index is 0.0427. The van der Waals surface area contributed by atoms with Gasteiger partial charge in [0.25, 0.3) is 5.91 Å². The maximum atomic E-state index is 12.0. The zero-order chi connectivity index (χ0) is 13.8. The number of nitrogens with one attached hydrogen (secondary N) is 1. The molecule has 1 atom stereocenters. The van der Waals surface area contributed by atoms with Gasteiger partial charge in [0, 0.05) is 17.6 Å². The van der Waals surface area contributed by atoms with Crippen LogP contribution >= 0.6 is 11.6 Å². The highest BCUT2D eigenvalue weighted by atomic mass is 35.5. The lowest BCUT2D eigenvalue weighted by Gasteiger charge is -2.32. The fourth-order valence-electron chi connectivity index (χ4n) is 2.40. The third-order valence-corrected chi connectivity index (χ3v) is 3.86. The Hall–Kier alpha value is -1.26. The molecular formula is C14H19ClN2O2. The maximum Gasteiger partial charge on any atom is 0.255 e. The fourth-order valence-corrected chi connectivity index (χ4v) is 2.57. The van der Waals surface area contributed by atoms with Gasteiger partial charge in [-0.1, -0.05) is 18.0 Å². The second-order valence-electron chi connectivity index (χ2n) is 5.00. The highest BCUT2D eigenvalue weighted by Crippen LogP contribution is 2.21. The summed E-state index contributed by atoms with van der Waals surface area (Å²) in [7, 11) is 2.08. The van der Waals surface area contributed by atoms with Crippen molar-refractivity contribution in [2.75, 3.05) is 20.1 Å². The van der Waals surface area contributed by atoms with E-state index < -0.39 is 0 Å². The van der Waals surface area contributed by atoms with Crippen molar-refractivity contribution in [2.45, 2.75) is 25.3 Å². The molecule has 0 aliphatic carbocycles. The number of hydrogen-bond acceptors (Lipinski definition) is 3. The molecule has 0 bridgehead atoms. The zero-order valence-electron chi connectivity index (χ0n) is 11.0. The first-order valence-corrected chi connectivity index (χ1v) is 6.92. The van der Waals surface area contributed by atoms with Gasteiger partial charge in [-0.15, -0.1) is 0 Å². The third kappa shape index (κ3) is 3.61. The van der Waals surface area contributed by atoms with Crippen molar-refractivity contribution in [2.24, 2.45) is 0 Å².